The highest BCUT2D eigenvalue weighted by molar-refractivity contribution is 9.11. The fourth-order valence-electron chi connectivity index (χ4n) is 1.56. The Balaban J connectivity index is 2.19. The highest BCUT2D eigenvalue weighted by Gasteiger charge is 2.18. The van der Waals surface area contributed by atoms with E-state index in [-0.39, 0.29) is 16.5 Å². The molecule has 1 aromatic heterocycles. The molecule has 1 aromatic carbocycles. The van der Waals surface area contributed by atoms with Crippen molar-refractivity contribution in [3.8, 4) is 5.75 Å². The van der Waals surface area contributed by atoms with Crippen molar-refractivity contribution < 1.29 is 13.5 Å². The number of aryl methyl sites for hydroxylation is 1. The molecular weight excluding hydrogens is 364 g/mol. The van der Waals surface area contributed by atoms with Gasteiger partial charge in [-0.15, -0.1) is 11.3 Å². The number of hydrogen-bond acceptors (Lipinski definition) is 5. The monoisotopic (exact) mass is 376 g/mol. The fourth-order valence-corrected chi connectivity index (χ4v) is 4.83. The third-order valence-electron chi connectivity index (χ3n) is 2.66. The van der Waals surface area contributed by atoms with Gasteiger partial charge >= 0.3 is 0 Å². The van der Waals surface area contributed by atoms with E-state index in [4.69, 9.17) is 5.73 Å². The van der Waals surface area contributed by atoms with Crippen LogP contribution in [0.1, 0.15) is 11.1 Å². The van der Waals surface area contributed by atoms with Crippen LogP contribution >= 0.6 is 27.3 Å². The van der Waals surface area contributed by atoms with E-state index in [0.29, 0.717) is 11.3 Å². The first-order valence-electron chi connectivity index (χ1n) is 5.62. The molecule has 0 saturated carbocycles. The zero-order chi connectivity index (χ0) is 14.9. The Kier molecular flexibility index (Phi) is 4.38. The van der Waals surface area contributed by atoms with Gasteiger partial charge in [0.1, 0.15) is 9.96 Å². The second-order valence-electron chi connectivity index (χ2n) is 4.23. The predicted octanol–water partition coefficient (Wildman–Crippen LogP) is 2.59. The number of phenols is 1. The van der Waals surface area contributed by atoms with Gasteiger partial charge in [-0.2, -0.15) is 0 Å². The average Bonchev–Trinajstić information content (AvgIpc) is 2.72. The molecule has 0 unspecified atom stereocenters. The number of nitrogens with one attached hydrogen (secondary N) is 1. The number of benzene rings is 1. The second kappa shape index (κ2) is 5.72. The van der Waals surface area contributed by atoms with Crippen molar-refractivity contribution in [2.24, 2.45) is 0 Å². The Morgan fingerprint density at radius 3 is 2.70 bits per heavy atom. The van der Waals surface area contributed by atoms with Gasteiger partial charge in [-0.3, -0.25) is 0 Å². The lowest BCUT2D eigenvalue weighted by Crippen LogP contribution is -2.22. The normalized spacial score (nSPS) is 11.7. The van der Waals surface area contributed by atoms with E-state index in [1.54, 1.807) is 12.1 Å². The quantitative estimate of drug-likeness (QED) is 0.564. The van der Waals surface area contributed by atoms with Crippen LogP contribution < -0.4 is 10.5 Å². The molecule has 0 bridgehead atoms. The molecule has 8 heteroatoms. The molecule has 5 nitrogen and oxygen atoms in total. The van der Waals surface area contributed by atoms with Crippen LogP contribution in [-0.2, 0) is 16.6 Å². The van der Waals surface area contributed by atoms with Crippen molar-refractivity contribution >= 4 is 43.0 Å². The zero-order valence-corrected chi connectivity index (χ0v) is 13.8. The molecule has 0 aliphatic rings. The van der Waals surface area contributed by atoms with Gasteiger partial charge < -0.3 is 10.8 Å². The summed E-state index contributed by atoms with van der Waals surface area (Å²) in [5.41, 5.74) is 7.37. The van der Waals surface area contributed by atoms with E-state index in [2.05, 4.69) is 20.7 Å². The minimum Gasteiger partial charge on any atom is -0.508 e. The zero-order valence-electron chi connectivity index (χ0n) is 10.6. The third kappa shape index (κ3) is 3.32. The maximum absolute atomic E-state index is 12.1. The van der Waals surface area contributed by atoms with Crippen LogP contribution in [0.4, 0.5) is 5.69 Å². The average molecular weight is 377 g/mol. The summed E-state index contributed by atoms with van der Waals surface area (Å²) in [6.07, 6.45) is 0. The van der Waals surface area contributed by atoms with Crippen molar-refractivity contribution in [2.75, 3.05) is 5.73 Å². The fraction of sp³-hybridized carbons (Fsp3) is 0.167. The molecular formula is C12H13BrN2O3S2. The van der Waals surface area contributed by atoms with E-state index in [0.717, 1.165) is 20.7 Å². The number of nitrogens with two attached hydrogens (primary N) is 1. The molecule has 0 fully saturated rings. The summed E-state index contributed by atoms with van der Waals surface area (Å²) in [7, 11) is -3.60. The van der Waals surface area contributed by atoms with Crippen LogP contribution in [0, 0.1) is 6.92 Å². The van der Waals surface area contributed by atoms with Crippen LogP contribution in [0.15, 0.2) is 32.3 Å². The molecule has 0 aliphatic carbocycles. The Hall–Kier alpha value is -1.09. The van der Waals surface area contributed by atoms with Crippen molar-refractivity contribution in [1.82, 2.24) is 4.72 Å². The molecule has 1 heterocycles. The van der Waals surface area contributed by atoms with Gasteiger partial charge in [0.15, 0.2) is 0 Å². The van der Waals surface area contributed by atoms with Crippen LogP contribution in [0.5, 0.6) is 5.75 Å². The third-order valence-corrected chi connectivity index (χ3v) is 6.67. The van der Waals surface area contributed by atoms with Gasteiger partial charge in [0, 0.05) is 17.8 Å². The van der Waals surface area contributed by atoms with E-state index < -0.39 is 10.0 Å². The smallest absolute Gasteiger partial charge is 0.250 e. The number of nitrogen functional groups attached to an aromatic ring is 1. The Bertz CT molecular complexity index is 722. The summed E-state index contributed by atoms with van der Waals surface area (Å²) in [5, 5.41) is 9.66. The van der Waals surface area contributed by atoms with Crippen LogP contribution in [0.25, 0.3) is 0 Å². The van der Waals surface area contributed by atoms with Crippen molar-refractivity contribution in [1.29, 1.82) is 0 Å². The van der Waals surface area contributed by atoms with Gasteiger partial charge in [0.25, 0.3) is 0 Å². The highest BCUT2D eigenvalue weighted by Crippen LogP contribution is 2.30. The summed E-state index contributed by atoms with van der Waals surface area (Å²) >= 11 is 4.44. The van der Waals surface area contributed by atoms with Crippen LogP contribution in [0.3, 0.4) is 0 Å². The number of aromatic hydroxyl groups is 1. The molecule has 108 valence electrons. The topological polar surface area (TPSA) is 92.4 Å². The number of rotatable bonds is 4. The first kappa shape index (κ1) is 15.3. The summed E-state index contributed by atoms with van der Waals surface area (Å²) in [6.45, 7) is 1.80. The van der Waals surface area contributed by atoms with Gasteiger partial charge in [0.05, 0.1) is 3.79 Å². The lowest BCUT2D eigenvalue weighted by Gasteiger charge is -2.07. The van der Waals surface area contributed by atoms with E-state index in [1.807, 2.05) is 6.92 Å². The molecule has 2 rings (SSSR count). The molecule has 0 radical (unpaired) electrons. The molecule has 0 atom stereocenters. The van der Waals surface area contributed by atoms with Crippen molar-refractivity contribution in [3.63, 3.8) is 0 Å². The van der Waals surface area contributed by atoms with E-state index in [9.17, 15) is 13.5 Å². The first-order valence-corrected chi connectivity index (χ1v) is 8.72. The summed E-state index contributed by atoms with van der Waals surface area (Å²) in [4.78, 5) is 0. The Morgan fingerprint density at radius 2 is 2.10 bits per heavy atom. The number of phenolic OH excluding ortho intramolecular Hbond substituents is 1. The minimum atomic E-state index is -3.60. The van der Waals surface area contributed by atoms with Crippen molar-refractivity contribution in [3.05, 3.63) is 39.2 Å². The molecule has 2 aromatic rings. The van der Waals surface area contributed by atoms with Crippen LogP contribution in [0.2, 0.25) is 0 Å². The van der Waals surface area contributed by atoms with Gasteiger partial charge in [0.2, 0.25) is 10.0 Å². The second-order valence-corrected chi connectivity index (χ2v) is 8.60. The van der Waals surface area contributed by atoms with Gasteiger partial charge in [-0.05, 0) is 52.7 Å². The van der Waals surface area contributed by atoms with E-state index >= 15 is 0 Å². The lowest BCUT2D eigenvalue weighted by molar-refractivity contribution is 0.467. The largest absolute Gasteiger partial charge is 0.508 e. The van der Waals surface area contributed by atoms with Crippen LogP contribution in [-0.4, -0.2) is 13.5 Å². The highest BCUT2D eigenvalue weighted by atomic mass is 79.9. The maximum atomic E-state index is 12.1. The van der Waals surface area contributed by atoms with Gasteiger partial charge in [-0.25, -0.2) is 13.1 Å². The number of halogens is 1. The molecule has 4 N–H and O–H groups in total. The molecule has 0 amide bonds. The molecule has 0 spiro atoms. The summed E-state index contributed by atoms with van der Waals surface area (Å²) in [5.74, 6) is 0.00504. The summed E-state index contributed by atoms with van der Waals surface area (Å²) in [6, 6.07) is 6.11. The number of hydrogen-bond donors (Lipinski definition) is 3. The molecule has 20 heavy (non-hydrogen) atoms. The van der Waals surface area contributed by atoms with E-state index in [1.165, 1.54) is 12.1 Å². The molecule has 0 saturated heterocycles. The standard InChI is InChI=1S/C12H13BrN2O3S2/c1-7-4-11(19-12(7)13)20(17,18)15-6-8-5-9(14)2-3-10(8)16/h2-5,15-16H,6,14H2,1H3. The summed E-state index contributed by atoms with van der Waals surface area (Å²) < 4.78 is 27.7. The molecule has 0 aliphatic heterocycles. The van der Waals surface area contributed by atoms with Gasteiger partial charge in [-0.1, -0.05) is 0 Å². The number of anilines is 1. The Labute approximate surface area is 129 Å². The minimum absolute atomic E-state index is 0.00504. The van der Waals surface area contributed by atoms with Crippen molar-refractivity contribution in [2.45, 2.75) is 17.7 Å². The number of thiophene rings is 1. The number of sulfonamides is 1. The predicted molar refractivity (Wildman–Crippen MR) is 83.3 cm³/mol. The lowest BCUT2D eigenvalue weighted by atomic mass is 10.2. The SMILES string of the molecule is Cc1cc(S(=O)(=O)NCc2cc(N)ccc2O)sc1Br. The maximum Gasteiger partial charge on any atom is 0.250 e. The first-order chi connectivity index (χ1) is 9.29. The Morgan fingerprint density at radius 1 is 1.40 bits per heavy atom.